The van der Waals surface area contributed by atoms with Crippen molar-refractivity contribution in [2.24, 2.45) is 0 Å². The molecule has 140 valence electrons. The van der Waals surface area contributed by atoms with E-state index in [-0.39, 0.29) is 17.1 Å². The Bertz CT molecular complexity index is 781. The summed E-state index contributed by atoms with van der Waals surface area (Å²) in [6, 6.07) is 6.39. The van der Waals surface area contributed by atoms with Crippen LogP contribution >= 0.6 is 11.8 Å². The highest BCUT2D eigenvalue weighted by molar-refractivity contribution is 7.98. The Morgan fingerprint density at radius 3 is 3.00 bits per heavy atom. The van der Waals surface area contributed by atoms with Gasteiger partial charge in [-0.25, -0.2) is 4.98 Å². The van der Waals surface area contributed by atoms with Gasteiger partial charge in [-0.3, -0.25) is 9.78 Å². The zero-order chi connectivity index (χ0) is 18.4. The molecule has 2 heterocycles. The number of benzene rings is 1. The molecular weight excluding hydrogens is 366 g/mol. The standard InChI is InChI=1S/C17H18F2N2O4S/c18-16(19)24-12-5-3-4-11(8-12)10-26-17-20-9-13(15(22)21-17)25-14-6-1-2-7-23-14/h3-5,8-9,14,16H,1-2,6-7,10H2,(H,20,21,22). The van der Waals surface area contributed by atoms with Crippen molar-refractivity contribution >= 4 is 11.8 Å². The Morgan fingerprint density at radius 1 is 1.38 bits per heavy atom. The summed E-state index contributed by atoms with van der Waals surface area (Å²) in [7, 11) is 0. The van der Waals surface area contributed by atoms with E-state index < -0.39 is 12.9 Å². The van der Waals surface area contributed by atoms with Crippen LogP contribution in [0.15, 0.2) is 40.4 Å². The molecule has 2 aromatic rings. The van der Waals surface area contributed by atoms with E-state index in [0.29, 0.717) is 17.5 Å². The summed E-state index contributed by atoms with van der Waals surface area (Å²) in [4.78, 5) is 18.9. The average molecular weight is 384 g/mol. The zero-order valence-electron chi connectivity index (χ0n) is 13.8. The minimum absolute atomic E-state index is 0.0933. The molecule has 0 bridgehead atoms. The predicted octanol–water partition coefficient (Wildman–Crippen LogP) is 3.57. The SMILES string of the molecule is O=c1[nH]c(SCc2cccc(OC(F)F)c2)ncc1OC1CCCCO1. The van der Waals surface area contributed by atoms with Crippen LogP contribution in [-0.2, 0) is 10.5 Å². The molecule has 3 rings (SSSR count). The number of rotatable bonds is 7. The number of H-pyrrole nitrogens is 1. The molecule has 1 aliphatic rings. The molecule has 9 heteroatoms. The molecule has 0 radical (unpaired) electrons. The summed E-state index contributed by atoms with van der Waals surface area (Å²) < 4.78 is 39.8. The van der Waals surface area contributed by atoms with Crippen LogP contribution in [0.2, 0.25) is 0 Å². The number of alkyl halides is 2. The van der Waals surface area contributed by atoms with Crippen LogP contribution in [0.5, 0.6) is 11.5 Å². The Hall–Kier alpha value is -2.13. The number of nitrogens with zero attached hydrogens (tertiary/aromatic N) is 1. The maximum Gasteiger partial charge on any atom is 0.387 e. The summed E-state index contributed by atoms with van der Waals surface area (Å²) >= 11 is 1.27. The van der Waals surface area contributed by atoms with Gasteiger partial charge in [-0.15, -0.1) is 0 Å². The minimum Gasteiger partial charge on any atom is -0.458 e. The lowest BCUT2D eigenvalue weighted by Gasteiger charge is -2.22. The van der Waals surface area contributed by atoms with Crippen molar-refractivity contribution < 1.29 is 23.0 Å². The third-order valence-corrected chi connectivity index (χ3v) is 4.60. The van der Waals surface area contributed by atoms with E-state index in [9.17, 15) is 13.6 Å². The maximum absolute atomic E-state index is 12.3. The van der Waals surface area contributed by atoms with Gasteiger partial charge in [-0.2, -0.15) is 8.78 Å². The van der Waals surface area contributed by atoms with E-state index in [2.05, 4.69) is 14.7 Å². The van der Waals surface area contributed by atoms with E-state index in [1.807, 2.05) is 0 Å². The number of ether oxygens (including phenoxy) is 3. The number of aromatic amines is 1. The number of thioether (sulfide) groups is 1. The van der Waals surface area contributed by atoms with Gasteiger partial charge in [0.15, 0.2) is 11.4 Å². The van der Waals surface area contributed by atoms with E-state index in [4.69, 9.17) is 9.47 Å². The molecular formula is C17H18F2N2O4S. The summed E-state index contributed by atoms with van der Waals surface area (Å²) in [6.45, 7) is -2.24. The van der Waals surface area contributed by atoms with Crippen molar-refractivity contribution in [3.63, 3.8) is 0 Å². The lowest BCUT2D eigenvalue weighted by Crippen LogP contribution is -2.27. The molecule has 6 nitrogen and oxygen atoms in total. The largest absolute Gasteiger partial charge is 0.458 e. The van der Waals surface area contributed by atoms with Crippen LogP contribution in [0, 0.1) is 0 Å². The van der Waals surface area contributed by atoms with Gasteiger partial charge < -0.3 is 14.2 Å². The van der Waals surface area contributed by atoms with Crippen molar-refractivity contribution in [1.29, 1.82) is 0 Å². The molecule has 1 unspecified atom stereocenters. The highest BCUT2D eigenvalue weighted by Gasteiger charge is 2.17. The number of hydrogen-bond acceptors (Lipinski definition) is 6. The Morgan fingerprint density at radius 2 is 2.27 bits per heavy atom. The summed E-state index contributed by atoms with van der Waals surface area (Å²) in [5.74, 6) is 0.652. The molecule has 1 aromatic heterocycles. The van der Waals surface area contributed by atoms with Crippen LogP contribution in [0.3, 0.4) is 0 Å². The molecule has 1 aliphatic heterocycles. The van der Waals surface area contributed by atoms with Gasteiger partial charge in [0.1, 0.15) is 5.75 Å². The van der Waals surface area contributed by atoms with Gasteiger partial charge in [-0.1, -0.05) is 23.9 Å². The van der Waals surface area contributed by atoms with Crippen LogP contribution < -0.4 is 15.0 Å². The van der Waals surface area contributed by atoms with Crippen LogP contribution in [0.25, 0.3) is 0 Å². The molecule has 0 spiro atoms. The van der Waals surface area contributed by atoms with Crippen molar-refractivity contribution in [2.45, 2.75) is 43.1 Å². The van der Waals surface area contributed by atoms with E-state index in [1.165, 1.54) is 30.1 Å². The highest BCUT2D eigenvalue weighted by atomic mass is 32.2. The first kappa shape index (κ1) is 18.7. The van der Waals surface area contributed by atoms with Gasteiger partial charge in [0, 0.05) is 12.2 Å². The highest BCUT2D eigenvalue weighted by Crippen LogP contribution is 2.23. The first-order chi connectivity index (χ1) is 12.6. The van der Waals surface area contributed by atoms with Crippen molar-refractivity contribution in [1.82, 2.24) is 9.97 Å². The van der Waals surface area contributed by atoms with Crippen molar-refractivity contribution in [2.75, 3.05) is 6.61 Å². The van der Waals surface area contributed by atoms with E-state index in [0.717, 1.165) is 24.8 Å². The van der Waals surface area contributed by atoms with Crippen molar-refractivity contribution in [3.8, 4) is 11.5 Å². The molecule has 0 aliphatic carbocycles. The topological polar surface area (TPSA) is 73.4 Å². The number of nitrogens with one attached hydrogen (secondary N) is 1. The Labute approximate surface area is 152 Å². The molecule has 26 heavy (non-hydrogen) atoms. The lowest BCUT2D eigenvalue weighted by atomic mass is 10.2. The summed E-state index contributed by atoms with van der Waals surface area (Å²) in [5, 5.41) is 0.409. The van der Waals surface area contributed by atoms with Crippen LogP contribution in [0.4, 0.5) is 8.78 Å². The lowest BCUT2D eigenvalue weighted by molar-refractivity contribution is -0.106. The Balaban J connectivity index is 1.58. The van der Waals surface area contributed by atoms with E-state index >= 15 is 0 Å². The normalized spacial score (nSPS) is 17.3. The number of hydrogen-bond donors (Lipinski definition) is 1. The number of halogens is 2. The fourth-order valence-electron chi connectivity index (χ4n) is 2.43. The summed E-state index contributed by atoms with van der Waals surface area (Å²) in [5.41, 5.74) is 0.387. The van der Waals surface area contributed by atoms with Gasteiger partial charge in [0.2, 0.25) is 5.75 Å². The Kier molecular flexibility index (Phi) is 6.45. The molecule has 1 N–H and O–H groups in total. The number of aromatic nitrogens is 2. The third kappa shape index (κ3) is 5.43. The van der Waals surface area contributed by atoms with Crippen LogP contribution in [-0.4, -0.2) is 29.5 Å². The van der Waals surface area contributed by atoms with Gasteiger partial charge in [-0.05, 0) is 30.5 Å². The van der Waals surface area contributed by atoms with Gasteiger partial charge in [0.25, 0.3) is 5.56 Å². The fourth-order valence-corrected chi connectivity index (χ4v) is 3.21. The molecule has 0 saturated carbocycles. The van der Waals surface area contributed by atoms with E-state index in [1.54, 1.807) is 12.1 Å². The van der Waals surface area contributed by atoms with Crippen molar-refractivity contribution in [3.05, 3.63) is 46.4 Å². The first-order valence-corrected chi connectivity index (χ1v) is 9.13. The van der Waals surface area contributed by atoms with Crippen LogP contribution in [0.1, 0.15) is 24.8 Å². The van der Waals surface area contributed by atoms with Gasteiger partial charge >= 0.3 is 6.61 Å². The zero-order valence-corrected chi connectivity index (χ0v) is 14.6. The molecule has 1 aromatic carbocycles. The minimum atomic E-state index is -2.86. The summed E-state index contributed by atoms with van der Waals surface area (Å²) in [6.07, 6.45) is 3.69. The second-order valence-corrected chi connectivity index (χ2v) is 6.57. The quantitative estimate of drug-likeness (QED) is 0.581. The second-order valence-electron chi connectivity index (χ2n) is 5.61. The molecule has 0 amide bonds. The third-order valence-electron chi connectivity index (χ3n) is 3.64. The second kappa shape index (κ2) is 9.00. The molecule has 1 atom stereocenters. The smallest absolute Gasteiger partial charge is 0.387 e. The predicted molar refractivity (Wildman–Crippen MR) is 91.7 cm³/mol. The monoisotopic (exact) mass is 384 g/mol. The maximum atomic E-state index is 12.3. The fraction of sp³-hybridized carbons (Fsp3) is 0.412. The average Bonchev–Trinajstić information content (AvgIpc) is 2.63. The molecule has 1 saturated heterocycles. The first-order valence-electron chi connectivity index (χ1n) is 8.14. The molecule has 1 fully saturated rings. The van der Waals surface area contributed by atoms with Gasteiger partial charge in [0.05, 0.1) is 12.8 Å².